The van der Waals surface area contributed by atoms with E-state index in [-0.39, 0.29) is 42.1 Å². The summed E-state index contributed by atoms with van der Waals surface area (Å²) in [4.78, 5) is 37.0. The number of ether oxygens (including phenoxy) is 3. The lowest BCUT2D eigenvalue weighted by Crippen LogP contribution is -2.53. The minimum Gasteiger partial charge on any atom is -0.507 e. The van der Waals surface area contributed by atoms with Crippen molar-refractivity contribution in [2.45, 2.75) is 30.1 Å². The van der Waals surface area contributed by atoms with Gasteiger partial charge in [-0.1, -0.05) is 12.1 Å². The van der Waals surface area contributed by atoms with Crippen molar-refractivity contribution >= 4 is 17.5 Å². The fourth-order valence-electron chi connectivity index (χ4n) is 3.64. The van der Waals surface area contributed by atoms with Crippen molar-refractivity contribution in [2.75, 3.05) is 13.7 Å². The first-order valence-corrected chi connectivity index (χ1v) is 7.25. The highest BCUT2D eigenvalue weighted by molar-refractivity contribution is 6.26. The van der Waals surface area contributed by atoms with Gasteiger partial charge < -0.3 is 19.3 Å². The van der Waals surface area contributed by atoms with Crippen molar-refractivity contribution in [3.8, 4) is 5.75 Å². The molecule has 2 saturated heterocycles. The fraction of sp³-hybridized carbons (Fsp3) is 0.438. The van der Waals surface area contributed by atoms with Crippen LogP contribution in [-0.4, -0.2) is 53.7 Å². The number of hydrogen-bond acceptors (Lipinski definition) is 7. The summed E-state index contributed by atoms with van der Waals surface area (Å²) in [6, 6.07) is 4.37. The SMILES string of the molecule is COC(=O)C[C@H]1C[C@@]23O[C@]2(CO1)C(=O)c1c(O)cccc1C3=O. The molecule has 120 valence electrons. The van der Waals surface area contributed by atoms with Crippen LogP contribution in [0, 0.1) is 0 Å². The predicted molar refractivity (Wildman–Crippen MR) is 74.3 cm³/mol. The van der Waals surface area contributed by atoms with Crippen molar-refractivity contribution < 1.29 is 33.7 Å². The molecule has 2 aliphatic heterocycles. The summed E-state index contributed by atoms with van der Waals surface area (Å²) in [7, 11) is 1.27. The highest BCUT2D eigenvalue weighted by Crippen LogP contribution is 2.61. The molecule has 0 radical (unpaired) electrons. The topological polar surface area (TPSA) is 102 Å². The maximum atomic E-state index is 12.8. The number of phenols is 1. The molecule has 0 spiro atoms. The summed E-state index contributed by atoms with van der Waals surface area (Å²) in [6.45, 7) is -0.118. The van der Waals surface area contributed by atoms with Crippen LogP contribution in [0.15, 0.2) is 18.2 Å². The summed E-state index contributed by atoms with van der Waals surface area (Å²) in [6.07, 6.45) is -0.443. The number of epoxide rings is 1. The first-order valence-electron chi connectivity index (χ1n) is 7.25. The number of Topliss-reactive ketones (excluding diaryl/α,β-unsaturated/α-hetero) is 2. The molecule has 7 nitrogen and oxygen atoms in total. The molecule has 1 aromatic carbocycles. The second kappa shape index (κ2) is 4.39. The highest BCUT2D eigenvalue weighted by atomic mass is 16.7. The number of benzene rings is 1. The Hall–Kier alpha value is -2.25. The largest absolute Gasteiger partial charge is 0.507 e. The second-order valence-corrected chi connectivity index (χ2v) is 6.03. The number of fused-ring (bicyclic) bond motifs is 1. The van der Waals surface area contributed by atoms with Crippen LogP contribution >= 0.6 is 0 Å². The van der Waals surface area contributed by atoms with Crippen LogP contribution in [-0.2, 0) is 19.0 Å². The number of ketones is 2. The van der Waals surface area contributed by atoms with Crippen LogP contribution in [0.5, 0.6) is 5.75 Å². The van der Waals surface area contributed by atoms with Gasteiger partial charge in [0.2, 0.25) is 5.78 Å². The Bertz CT molecular complexity index is 755. The molecule has 0 bridgehead atoms. The van der Waals surface area contributed by atoms with Crippen molar-refractivity contribution in [1.29, 1.82) is 0 Å². The smallest absolute Gasteiger partial charge is 0.308 e. The zero-order chi connectivity index (χ0) is 16.4. The third kappa shape index (κ3) is 1.63. The normalized spacial score (nSPS) is 34.2. The number of rotatable bonds is 2. The Kier molecular flexibility index (Phi) is 2.74. The average molecular weight is 318 g/mol. The van der Waals surface area contributed by atoms with E-state index in [9.17, 15) is 19.5 Å². The van der Waals surface area contributed by atoms with Gasteiger partial charge in [-0.05, 0) is 6.07 Å². The van der Waals surface area contributed by atoms with Gasteiger partial charge in [0.15, 0.2) is 17.0 Å². The number of carbonyl (C=O) groups excluding carboxylic acids is 3. The molecular weight excluding hydrogens is 304 g/mol. The lowest BCUT2D eigenvalue weighted by molar-refractivity contribution is -0.144. The molecule has 0 aromatic heterocycles. The van der Waals surface area contributed by atoms with E-state index in [1.807, 2.05) is 0 Å². The fourth-order valence-corrected chi connectivity index (χ4v) is 3.64. The Morgan fingerprint density at radius 3 is 2.87 bits per heavy atom. The summed E-state index contributed by atoms with van der Waals surface area (Å²) < 4.78 is 15.8. The second-order valence-electron chi connectivity index (χ2n) is 6.03. The molecule has 1 aromatic rings. The monoisotopic (exact) mass is 318 g/mol. The van der Waals surface area contributed by atoms with Gasteiger partial charge in [0.25, 0.3) is 0 Å². The summed E-state index contributed by atoms with van der Waals surface area (Å²) in [5.41, 5.74) is -2.52. The van der Waals surface area contributed by atoms with Crippen molar-refractivity contribution in [2.24, 2.45) is 0 Å². The average Bonchev–Trinajstić information content (AvgIpc) is 3.24. The predicted octanol–water partition coefficient (Wildman–Crippen LogP) is 0.631. The standard InChI is InChI=1S/C16H14O7/c1-21-11(18)5-8-6-15-13(19)9-3-2-4-10(17)12(9)14(20)16(15,23-15)7-22-8/h2-4,8,17H,5-7H2,1H3/t8-,15-,16+/m0/s1. The lowest BCUT2D eigenvalue weighted by Gasteiger charge is -2.32. The maximum Gasteiger partial charge on any atom is 0.308 e. The van der Waals surface area contributed by atoms with E-state index in [4.69, 9.17) is 9.47 Å². The van der Waals surface area contributed by atoms with Crippen LogP contribution < -0.4 is 0 Å². The molecule has 3 atom stereocenters. The van der Waals surface area contributed by atoms with Crippen LogP contribution in [0.3, 0.4) is 0 Å². The minimum absolute atomic E-state index is 0.00788. The van der Waals surface area contributed by atoms with Crippen LogP contribution in [0.2, 0.25) is 0 Å². The Morgan fingerprint density at radius 1 is 1.35 bits per heavy atom. The molecular formula is C16H14O7. The lowest BCUT2D eigenvalue weighted by atomic mass is 9.70. The van der Waals surface area contributed by atoms with Gasteiger partial charge in [-0.25, -0.2) is 0 Å². The third-order valence-corrected chi connectivity index (χ3v) is 4.87. The van der Waals surface area contributed by atoms with Gasteiger partial charge >= 0.3 is 5.97 Å². The van der Waals surface area contributed by atoms with Gasteiger partial charge in [-0.2, -0.15) is 0 Å². The van der Waals surface area contributed by atoms with Crippen LogP contribution in [0.4, 0.5) is 0 Å². The van der Waals surface area contributed by atoms with Crippen molar-refractivity contribution in [3.63, 3.8) is 0 Å². The zero-order valence-electron chi connectivity index (χ0n) is 12.3. The third-order valence-electron chi connectivity index (χ3n) is 4.87. The van der Waals surface area contributed by atoms with E-state index in [1.165, 1.54) is 25.3 Å². The molecule has 7 heteroatoms. The molecule has 0 saturated carbocycles. The van der Waals surface area contributed by atoms with Crippen molar-refractivity contribution in [3.05, 3.63) is 29.3 Å². The number of carbonyl (C=O) groups is 3. The number of methoxy groups -OCH3 is 1. The number of aromatic hydroxyl groups is 1. The highest BCUT2D eigenvalue weighted by Gasteiger charge is 2.82. The summed E-state index contributed by atoms with van der Waals surface area (Å²) in [5, 5.41) is 9.94. The number of hydrogen-bond donors (Lipinski definition) is 1. The van der Waals surface area contributed by atoms with Gasteiger partial charge in [0.05, 0.1) is 31.8 Å². The minimum atomic E-state index is -1.37. The van der Waals surface area contributed by atoms with Gasteiger partial charge in [-0.3, -0.25) is 14.4 Å². The maximum absolute atomic E-state index is 12.8. The molecule has 1 N–H and O–H groups in total. The van der Waals surface area contributed by atoms with E-state index < -0.39 is 29.1 Å². The van der Waals surface area contributed by atoms with E-state index >= 15 is 0 Å². The quantitative estimate of drug-likeness (QED) is 0.630. The molecule has 23 heavy (non-hydrogen) atoms. The van der Waals surface area contributed by atoms with E-state index in [0.717, 1.165) is 0 Å². The van der Waals surface area contributed by atoms with Crippen molar-refractivity contribution in [1.82, 2.24) is 0 Å². The Balaban J connectivity index is 1.73. The summed E-state index contributed by atoms with van der Waals surface area (Å²) >= 11 is 0. The van der Waals surface area contributed by atoms with Gasteiger partial charge in [0, 0.05) is 12.0 Å². The molecule has 1 aliphatic carbocycles. The Labute approximate surface area is 131 Å². The van der Waals surface area contributed by atoms with Gasteiger partial charge in [0.1, 0.15) is 5.75 Å². The first kappa shape index (κ1) is 14.3. The van der Waals surface area contributed by atoms with E-state index in [2.05, 4.69) is 4.74 Å². The number of phenolic OH excluding ortho intramolecular Hbond substituents is 1. The summed E-state index contributed by atoms with van der Waals surface area (Å²) in [5.74, 6) is -1.48. The first-order chi connectivity index (χ1) is 10.9. The molecule has 0 amide bonds. The number of esters is 1. The molecule has 0 unspecified atom stereocenters. The zero-order valence-corrected chi connectivity index (χ0v) is 12.3. The molecule has 4 rings (SSSR count). The molecule has 2 heterocycles. The van der Waals surface area contributed by atoms with E-state index in [1.54, 1.807) is 0 Å². The molecule has 2 fully saturated rings. The molecule has 3 aliphatic rings. The van der Waals surface area contributed by atoms with Crippen LogP contribution in [0.25, 0.3) is 0 Å². The Morgan fingerprint density at radius 2 is 2.13 bits per heavy atom. The van der Waals surface area contributed by atoms with Crippen LogP contribution in [0.1, 0.15) is 33.6 Å². The van der Waals surface area contributed by atoms with E-state index in [0.29, 0.717) is 0 Å². The van der Waals surface area contributed by atoms with Gasteiger partial charge in [-0.15, -0.1) is 0 Å².